The van der Waals surface area contributed by atoms with E-state index in [0.29, 0.717) is 79.8 Å². The summed E-state index contributed by atoms with van der Waals surface area (Å²) in [7, 11) is 0. The Hall–Kier alpha value is -0.850. The highest BCUT2D eigenvalue weighted by Crippen LogP contribution is 2.24. The second-order valence-electron chi connectivity index (χ2n) is 11.3. The summed E-state index contributed by atoms with van der Waals surface area (Å²) < 4.78 is 37.4. The van der Waals surface area contributed by atoms with E-state index < -0.39 is 0 Å². The van der Waals surface area contributed by atoms with Gasteiger partial charge in [-0.3, -0.25) is 0 Å². The van der Waals surface area contributed by atoms with E-state index in [4.69, 9.17) is 33.4 Å². The number of amidine groups is 1. The summed E-state index contributed by atoms with van der Waals surface area (Å²) in [6.07, 6.45) is 12.2. The summed E-state index contributed by atoms with van der Waals surface area (Å²) in [5.41, 5.74) is 0. The van der Waals surface area contributed by atoms with E-state index in [1.165, 1.54) is 0 Å². The lowest BCUT2D eigenvalue weighted by Crippen LogP contribution is -2.67. The van der Waals surface area contributed by atoms with Crippen LogP contribution >= 0.6 is 0 Å². The Bertz CT molecular complexity index is 633. The molecule has 1 rings (SSSR count). The molecule has 1 aliphatic heterocycles. The third kappa shape index (κ3) is 18.0. The molecule has 2 unspecified atom stereocenters. The molecule has 0 aromatic carbocycles. The maximum Gasteiger partial charge on any atom is 0.150 e. The zero-order chi connectivity index (χ0) is 31.4. The third-order valence-corrected chi connectivity index (χ3v) is 7.25. The van der Waals surface area contributed by atoms with Gasteiger partial charge in [0.1, 0.15) is 51.8 Å². The van der Waals surface area contributed by atoms with Gasteiger partial charge in [-0.2, -0.15) is 0 Å². The first kappa shape index (κ1) is 40.2. The van der Waals surface area contributed by atoms with Gasteiger partial charge in [0.2, 0.25) is 0 Å². The van der Waals surface area contributed by atoms with Crippen molar-refractivity contribution in [1.82, 2.24) is 14.7 Å². The molecule has 0 aromatic rings. The Kier molecular flexibility index (Phi) is 26.7. The van der Waals surface area contributed by atoms with Crippen molar-refractivity contribution in [3.8, 4) is 0 Å². The number of unbranched alkanes of at least 4 members (excludes halogenated alkanes) is 6. The predicted octanol–water partition coefficient (Wildman–Crippen LogP) is 6.64. The zero-order valence-corrected chi connectivity index (χ0v) is 28.9. The SMILES string of the molecule is CCCCOCC1=NC(COCCCC)N(COCCCC)C(N(COCCCC)COCCCC)N1COCCCC. The lowest BCUT2D eigenvalue weighted by Gasteiger charge is -2.50. The second-order valence-corrected chi connectivity index (χ2v) is 11.3. The van der Waals surface area contributed by atoms with Crippen molar-refractivity contribution in [3.63, 3.8) is 0 Å². The molecule has 0 aliphatic carbocycles. The van der Waals surface area contributed by atoms with Gasteiger partial charge in [0.25, 0.3) is 0 Å². The number of rotatable bonds is 31. The molecule has 43 heavy (non-hydrogen) atoms. The molecular weight excluding hydrogens is 548 g/mol. The maximum absolute atomic E-state index is 6.27. The van der Waals surface area contributed by atoms with Gasteiger partial charge < -0.3 is 33.3 Å². The first-order valence-electron chi connectivity index (χ1n) is 17.5. The molecule has 1 aliphatic rings. The van der Waals surface area contributed by atoms with Gasteiger partial charge in [0, 0.05) is 39.6 Å². The lowest BCUT2D eigenvalue weighted by atomic mass is 10.3. The molecule has 256 valence electrons. The second kappa shape index (κ2) is 28.6. The van der Waals surface area contributed by atoms with Crippen molar-refractivity contribution in [2.24, 2.45) is 4.99 Å². The van der Waals surface area contributed by atoms with Crippen LogP contribution in [0.15, 0.2) is 4.99 Å². The normalized spacial score (nSPS) is 17.7. The Morgan fingerprint density at radius 2 is 1.00 bits per heavy atom. The van der Waals surface area contributed by atoms with Crippen LogP contribution in [0.1, 0.15) is 119 Å². The predicted molar refractivity (Wildman–Crippen MR) is 175 cm³/mol. The van der Waals surface area contributed by atoms with Crippen LogP contribution in [0.2, 0.25) is 0 Å². The van der Waals surface area contributed by atoms with Crippen molar-refractivity contribution in [2.75, 3.05) is 79.8 Å². The Balaban J connectivity index is 3.46. The van der Waals surface area contributed by atoms with Crippen LogP contribution in [-0.2, 0) is 28.4 Å². The summed E-state index contributed by atoms with van der Waals surface area (Å²) >= 11 is 0. The fourth-order valence-corrected chi connectivity index (χ4v) is 4.44. The van der Waals surface area contributed by atoms with Crippen LogP contribution in [0.4, 0.5) is 0 Å². The van der Waals surface area contributed by atoms with Crippen molar-refractivity contribution >= 4 is 5.84 Å². The molecule has 2 atom stereocenters. The number of hydrogen-bond acceptors (Lipinski definition) is 10. The minimum absolute atomic E-state index is 0.228. The van der Waals surface area contributed by atoms with Crippen molar-refractivity contribution in [3.05, 3.63) is 0 Å². The minimum Gasteiger partial charge on any atom is -0.378 e. The van der Waals surface area contributed by atoms with Crippen molar-refractivity contribution < 1.29 is 28.4 Å². The summed E-state index contributed by atoms with van der Waals surface area (Å²) in [6, 6.07) is 0. The standard InChI is InChI=1S/C33H68N4O6/c1-7-13-19-38-25-31-34-32(26-39-20-14-8-2)37(30-43-24-18-12-6)33(36(31)29-42-23-17-11-5)35(27-40-21-15-9-3)28-41-22-16-10-4/h31,33H,7-30H2,1-6H3. The quantitative estimate of drug-likeness (QED) is 0.0629. The molecule has 0 saturated heterocycles. The Morgan fingerprint density at radius 3 is 1.51 bits per heavy atom. The average molecular weight is 617 g/mol. The summed E-state index contributed by atoms with van der Waals surface area (Å²) in [5, 5.41) is 0. The molecule has 0 saturated carbocycles. The molecule has 0 radical (unpaired) electrons. The van der Waals surface area contributed by atoms with Crippen LogP contribution in [0, 0.1) is 0 Å². The van der Waals surface area contributed by atoms with Gasteiger partial charge in [-0.15, -0.1) is 0 Å². The van der Waals surface area contributed by atoms with Gasteiger partial charge in [0.05, 0.1) is 6.61 Å². The van der Waals surface area contributed by atoms with E-state index in [9.17, 15) is 0 Å². The van der Waals surface area contributed by atoms with E-state index in [1.807, 2.05) is 0 Å². The summed E-state index contributed by atoms with van der Waals surface area (Å²) in [6.45, 7) is 19.9. The van der Waals surface area contributed by atoms with Gasteiger partial charge in [-0.05, 0) is 38.5 Å². The van der Waals surface area contributed by atoms with E-state index in [1.54, 1.807) is 0 Å². The van der Waals surface area contributed by atoms with Crippen molar-refractivity contribution in [1.29, 1.82) is 0 Å². The molecule has 0 spiro atoms. The highest BCUT2D eigenvalue weighted by atomic mass is 16.5. The molecule has 10 heteroatoms. The molecule has 0 N–H and O–H groups in total. The van der Waals surface area contributed by atoms with Crippen LogP contribution in [0.25, 0.3) is 0 Å². The highest BCUT2D eigenvalue weighted by Gasteiger charge is 2.41. The smallest absolute Gasteiger partial charge is 0.150 e. The number of aliphatic imine (C=N–C) groups is 1. The zero-order valence-electron chi connectivity index (χ0n) is 28.9. The first-order valence-corrected chi connectivity index (χ1v) is 17.5. The van der Waals surface area contributed by atoms with Crippen LogP contribution in [-0.4, -0.2) is 113 Å². The van der Waals surface area contributed by atoms with Crippen LogP contribution in [0.5, 0.6) is 0 Å². The van der Waals surface area contributed by atoms with E-state index in [0.717, 1.165) is 82.9 Å². The molecule has 10 nitrogen and oxygen atoms in total. The van der Waals surface area contributed by atoms with E-state index in [2.05, 4.69) is 56.2 Å². The van der Waals surface area contributed by atoms with E-state index in [-0.39, 0.29) is 12.5 Å². The topological polar surface area (TPSA) is 77.5 Å². The molecule has 0 amide bonds. The van der Waals surface area contributed by atoms with E-state index >= 15 is 0 Å². The monoisotopic (exact) mass is 617 g/mol. The molecule has 0 aromatic heterocycles. The van der Waals surface area contributed by atoms with Crippen molar-refractivity contribution in [2.45, 2.75) is 131 Å². The number of hydrogen-bond donors (Lipinski definition) is 0. The molecule has 0 fully saturated rings. The highest BCUT2D eigenvalue weighted by molar-refractivity contribution is 5.84. The number of nitrogens with zero attached hydrogens (tertiary/aromatic N) is 4. The summed E-state index contributed by atoms with van der Waals surface area (Å²) in [5.74, 6) is 0.874. The van der Waals surface area contributed by atoms with Crippen LogP contribution < -0.4 is 0 Å². The fraction of sp³-hybridized carbons (Fsp3) is 0.970. The fourth-order valence-electron chi connectivity index (χ4n) is 4.44. The summed E-state index contributed by atoms with van der Waals surface area (Å²) in [4.78, 5) is 12.0. The maximum atomic E-state index is 6.27. The Morgan fingerprint density at radius 1 is 0.558 bits per heavy atom. The third-order valence-electron chi connectivity index (χ3n) is 7.25. The van der Waals surface area contributed by atoms with Gasteiger partial charge in [0.15, 0.2) is 0 Å². The van der Waals surface area contributed by atoms with Crippen LogP contribution in [0.3, 0.4) is 0 Å². The number of ether oxygens (including phenoxy) is 6. The minimum atomic E-state index is -0.256. The molecule has 0 bridgehead atoms. The first-order chi connectivity index (χ1) is 21.2. The Labute approximate surface area is 264 Å². The molecular formula is C33H68N4O6. The molecule has 1 heterocycles. The average Bonchev–Trinajstić information content (AvgIpc) is 3.02. The van der Waals surface area contributed by atoms with Gasteiger partial charge in [-0.1, -0.05) is 80.1 Å². The largest absolute Gasteiger partial charge is 0.378 e. The lowest BCUT2D eigenvalue weighted by molar-refractivity contribution is -0.196. The van der Waals surface area contributed by atoms with Gasteiger partial charge in [-0.25, -0.2) is 14.8 Å². The van der Waals surface area contributed by atoms with Gasteiger partial charge >= 0.3 is 0 Å².